The Kier molecular flexibility index (Phi) is 5.43. The summed E-state index contributed by atoms with van der Waals surface area (Å²) in [7, 11) is 0. The van der Waals surface area contributed by atoms with Crippen LogP contribution in [0.3, 0.4) is 0 Å². The summed E-state index contributed by atoms with van der Waals surface area (Å²) in [6.45, 7) is 5.67. The minimum absolute atomic E-state index is 0.122. The second-order valence-electron chi connectivity index (χ2n) is 4.65. The lowest BCUT2D eigenvalue weighted by atomic mass is 9.99. The zero-order chi connectivity index (χ0) is 14.6. The minimum Gasteiger partial charge on any atom is -0.507 e. The maximum Gasteiger partial charge on any atom is 0.154 e. The number of aldehydes is 1. The number of phenolic OH excluding ortho intramolecular Hbond substituents is 2. The van der Waals surface area contributed by atoms with Crippen molar-refractivity contribution in [2.45, 2.75) is 40.0 Å². The van der Waals surface area contributed by atoms with Gasteiger partial charge in [-0.15, -0.1) is 0 Å². The van der Waals surface area contributed by atoms with Crippen molar-refractivity contribution in [3.05, 3.63) is 33.4 Å². The van der Waals surface area contributed by atoms with Crippen LogP contribution in [0.25, 0.3) is 0 Å². The highest BCUT2D eigenvalue weighted by Crippen LogP contribution is 2.40. The van der Waals surface area contributed by atoms with Crippen molar-refractivity contribution in [2.75, 3.05) is 0 Å². The van der Waals surface area contributed by atoms with Gasteiger partial charge in [0.05, 0.1) is 10.6 Å². The van der Waals surface area contributed by atoms with Gasteiger partial charge in [-0.05, 0) is 32.3 Å². The molecular weight excluding hydrogens is 264 g/mol. The van der Waals surface area contributed by atoms with Gasteiger partial charge in [0, 0.05) is 5.56 Å². The lowest BCUT2D eigenvalue weighted by molar-refractivity contribution is 0.112. The van der Waals surface area contributed by atoms with Gasteiger partial charge < -0.3 is 10.2 Å². The van der Waals surface area contributed by atoms with Gasteiger partial charge >= 0.3 is 0 Å². The molecule has 0 bridgehead atoms. The number of aromatic hydroxyl groups is 2. The first-order chi connectivity index (χ1) is 8.93. The molecule has 0 heterocycles. The zero-order valence-electron chi connectivity index (χ0n) is 11.5. The summed E-state index contributed by atoms with van der Waals surface area (Å²) in [6.07, 6.45) is 4.83. The second kappa shape index (κ2) is 6.62. The normalized spacial score (nSPS) is 11.7. The second-order valence-corrected chi connectivity index (χ2v) is 5.03. The van der Waals surface area contributed by atoms with E-state index in [0.717, 1.165) is 12.8 Å². The fourth-order valence-electron chi connectivity index (χ4n) is 1.99. The Morgan fingerprint density at radius 2 is 1.95 bits per heavy atom. The van der Waals surface area contributed by atoms with Crippen LogP contribution in [0.4, 0.5) is 0 Å². The van der Waals surface area contributed by atoms with Gasteiger partial charge in [0.2, 0.25) is 0 Å². The third-order valence-corrected chi connectivity index (χ3v) is 3.65. The molecule has 0 aliphatic rings. The van der Waals surface area contributed by atoms with E-state index in [1.807, 2.05) is 13.0 Å². The largest absolute Gasteiger partial charge is 0.507 e. The van der Waals surface area contributed by atoms with Crippen LogP contribution >= 0.6 is 11.6 Å². The van der Waals surface area contributed by atoms with Crippen LogP contribution in [0.5, 0.6) is 11.5 Å². The smallest absolute Gasteiger partial charge is 0.154 e. The molecule has 0 radical (unpaired) electrons. The van der Waals surface area contributed by atoms with E-state index in [9.17, 15) is 15.0 Å². The predicted molar refractivity (Wildman–Crippen MR) is 77.3 cm³/mol. The predicted octanol–water partition coefficient (Wildman–Crippen LogP) is 4.16. The summed E-state index contributed by atoms with van der Waals surface area (Å²) in [5.74, 6) is -0.335. The number of rotatable bonds is 5. The van der Waals surface area contributed by atoms with Gasteiger partial charge in [0.15, 0.2) is 6.29 Å². The molecule has 19 heavy (non-hydrogen) atoms. The van der Waals surface area contributed by atoms with Crippen LogP contribution in [0.2, 0.25) is 5.02 Å². The Hall–Kier alpha value is -1.48. The summed E-state index contributed by atoms with van der Waals surface area (Å²) in [4.78, 5) is 11.0. The van der Waals surface area contributed by atoms with Gasteiger partial charge in [-0.3, -0.25) is 4.79 Å². The summed E-state index contributed by atoms with van der Waals surface area (Å²) >= 11 is 5.97. The van der Waals surface area contributed by atoms with Gasteiger partial charge in [-0.1, -0.05) is 36.6 Å². The van der Waals surface area contributed by atoms with Crippen LogP contribution in [-0.2, 0) is 6.42 Å². The molecule has 1 aromatic rings. The molecule has 0 atom stereocenters. The molecule has 0 fully saturated rings. The molecule has 2 N–H and O–H groups in total. The summed E-state index contributed by atoms with van der Waals surface area (Å²) < 4.78 is 0. The average molecular weight is 283 g/mol. The first kappa shape index (κ1) is 15.6. The number of halogens is 1. The van der Waals surface area contributed by atoms with E-state index < -0.39 is 0 Å². The van der Waals surface area contributed by atoms with E-state index in [2.05, 4.69) is 6.92 Å². The van der Waals surface area contributed by atoms with E-state index in [1.54, 1.807) is 6.92 Å². The first-order valence-electron chi connectivity index (χ1n) is 6.27. The fourth-order valence-corrected chi connectivity index (χ4v) is 2.21. The van der Waals surface area contributed by atoms with E-state index in [-0.39, 0.29) is 22.1 Å². The zero-order valence-corrected chi connectivity index (χ0v) is 12.2. The van der Waals surface area contributed by atoms with Crippen LogP contribution < -0.4 is 0 Å². The van der Waals surface area contributed by atoms with Gasteiger partial charge in [0.1, 0.15) is 11.5 Å². The third-order valence-electron chi connectivity index (χ3n) is 3.18. The topological polar surface area (TPSA) is 57.5 Å². The minimum atomic E-state index is -0.185. The molecule has 104 valence electrons. The monoisotopic (exact) mass is 282 g/mol. The van der Waals surface area contributed by atoms with E-state index >= 15 is 0 Å². The number of benzene rings is 1. The summed E-state index contributed by atoms with van der Waals surface area (Å²) in [5, 5.41) is 20.1. The third kappa shape index (κ3) is 3.29. The molecule has 0 aliphatic heterocycles. The molecule has 4 heteroatoms. The molecule has 0 aliphatic carbocycles. The Morgan fingerprint density at radius 1 is 1.32 bits per heavy atom. The first-order valence-corrected chi connectivity index (χ1v) is 6.65. The fraction of sp³-hybridized carbons (Fsp3) is 0.400. The molecular formula is C15H19ClO3. The summed E-state index contributed by atoms with van der Waals surface area (Å²) in [6, 6.07) is 0. The van der Waals surface area contributed by atoms with Crippen molar-refractivity contribution in [1.82, 2.24) is 0 Å². The Labute approximate surface area is 118 Å². The molecule has 0 saturated carbocycles. The molecule has 1 aromatic carbocycles. The molecule has 0 amide bonds. The molecule has 1 rings (SSSR count). The van der Waals surface area contributed by atoms with Crippen molar-refractivity contribution < 1.29 is 15.0 Å². The maximum atomic E-state index is 11.0. The lowest BCUT2D eigenvalue weighted by Gasteiger charge is -2.13. The van der Waals surface area contributed by atoms with E-state index in [0.29, 0.717) is 23.8 Å². The maximum absolute atomic E-state index is 11.0. The van der Waals surface area contributed by atoms with Gasteiger partial charge in [-0.25, -0.2) is 0 Å². The van der Waals surface area contributed by atoms with E-state index in [4.69, 9.17) is 11.6 Å². The standard InChI is InChI=1S/C15H19ClO3/c1-4-5-9(2)6-7-11-14(18)12(8-17)10(3)13(16)15(11)19/h6,8,18-19H,4-5,7H2,1-3H3/b9-6+. The van der Waals surface area contributed by atoms with Crippen LogP contribution in [0.1, 0.15) is 48.2 Å². The highest BCUT2D eigenvalue weighted by Gasteiger charge is 2.19. The lowest BCUT2D eigenvalue weighted by Crippen LogP contribution is -1.96. The van der Waals surface area contributed by atoms with Crippen molar-refractivity contribution >= 4 is 17.9 Å². The van der Waals surface area contributed by atoms with Gasteiger partial charge in [0.25, 0.3) is 0 Å². The quantitative estimate of drug-likeness (QED) is 0.630. The highest BCUT2D eigenvalue weighted by molar-refractivity contribution is 6.33. The van der Waals surface area contributed by atoms with Gasteiger partial charge in [-0.2, -0.15) is 0 Å². The van der Waals surface area contributed by atoms with E-state index in [1.165, 1.54) is 5.57 Å². The van der Waals surface area contributed by atoms with Crippen molar-refractivity contribution in [1.29, 1.82) is 0 Å². The highest BCUT2D eigenvalue weighted by atomic mass is 35.5. The molecule has 0 saturated heterocycles. The molecule has 0 aromatic heterocycles. The SMILES string of the molecule is CCC/C(C)=C/Cc1c(O)c(Cl)c(C)c(C=O)c1O. The number of phenols is 2. The van der Waals surface area contributed by atoms with Crippen LogP contribution in [-0.4, -0.2) is 16.5 Å². The molecule has 0 unspecified atom stereocenters. The Bertz CT molecular complexity index is 519. The summed E-state index contributed by atoms with van der Waals surface area (Å²) in [5.41, 5.74) is 2.00. The van der Waals surface area contributed by atoms with Crippen molar-refractivity contribution in [3.8, 4) is 11.5 Å². The number of carbonyl (C=O) groups is 1. The number of hydrogen-bond donors (Lipinski definition) is 2. The van der Waals surface area contributed by atoms with Crippen LogP contribution in [0.15, 0.2) is 11.6 Å². The van der Waals surface area contributed by atoms with Crippen molar-refractivity contribution in [2.24, 2.45) is 0 Å². The van der Waals surface area contributed by atoms with Crippen LogP contribution in [0, 0.1) is 6.92 Å². The number of allylic oxidation sites excluding steroid dienone is 2. The number of hydrogen-bond acceptors (Lipinski definition) is 3. The number of carbonyl (C=O) groups excluding carboxylic acids is 1. The molecule has 3 nitrogen and oxygen atoms in total. The Balaban J connectivity index is 3.25. The molecule has 0 spiro atoms. The Morgan fingerprint density at radius 3 is 2.47 bits per heavy atom. The average Bonchev–Trinajstić information content (AvgIpc) is 2.37. The van der Waals surface area contributed by atoms with Crippen molar-refractivity contribution in [3.63, 3.8) is 0 Å².